The molecule has 4 heteroatoms. The highest BCUT2D eigenvalue weighted by Crippen LogP contribution is 2.37. The maximum Gasteiger partial charge on any atom is 0.132 e. The molecule has 1 atom stereocenters. The van der Waals surface area contributed by atoms with Crippen LogP contribution in [0.3, 0.4) is 0 Å². The van der Waals surface area contributed by atoms with Crippen molar-refractivity contribution < 1.29 is 5.11 Å². The van der Waals surface area contributed by atoms with Crippen molar-refractivity contribution in [3.63, 3.8) is 0 Å². The number of allylic oxidation sites excluding steroid dienone is 1. The topological polar surface area (TPSA) is 48.2 Å². The molecule has 0 aliphatic carbocycles. The van der Waals surface area contributed by atoms with Crippen LogP contribution in [0.4, 0.5) is 0 Å². The summed E-state index contributed by atoms with van der Waals surface area (Å²) in [6.45, 7) is 7.88. The van der Waals surface area contributed by atoms with E-state index in [1.807, 2.05) is 25.2 Å². The number of nitrogens with zero attached hydrogens (tertiary/aromatic N) is 3. The van der Waals surface area contributed by atoms with Gasteiger partial charge in [0.15, 0.2) is 0 Å². The minimum atomic E-state index is -0.0977. The van der Waals surface area contributed by atoms with Gasteiger partial charge in [0.05, 0.1) is 12.3 Å². The lowest BCUT2D eigenvalue weighted by Gasteiger charge is -2.43. The van der Waals surface area contributed by atoms with E-state index in [9.17, 15) is 5.11 Å². The molecule has 0 saturated carbocycles. The van der Waals surface area contributed by atoms with Gasteiger partial charge in [0, 0.05) is 36.7 Å². The maximum atomic E-state index is 10.4. The molecule has 3 rings (SSSR count). The molecule has 1 heterocycles. The largest absolute Gasteiger partial charge is 0.396 e. The van der Waals surface area contributed by atoms with E-state index >= 15 is 0 Å². The van der Waals surface area contributed by atoms with Gasteiger partial charge in [-0.1, -0.05) is 60.7 Å². The van der Waals surface area contributed by atoms with Gasteiger partial charge in [-0.2, -0.15) is 0 Å². The molecular weight excluding hydrogens is 382 g/mol. The highest BCUT2D eigenvalue weighted by Gasteiger charge is 2.35. The molecule has 1 aliphatic heterocycles. The fourth-order valence-electron chi connectivity index (χ4n) is 4.78. The first kappa shape index (κ1) is 23.0. The number of aliphatic hydroxyl groups excluding tert-OH is 1. The first-order valence-electron chi connectivity index (χ1n) is 11.2. The van der Waals surface area contributed by atoms with Crippen molar-refractivity contribution in [2.75, 3.05) is 26.7 Å². The van der Waals surface area contributed by atoms with Crippen LogP contribution in [0.2, 0.25) is 0 Å². The monoisotopic (exact) mass is 417 g/mol. The fourth-order valence-corrected chi connectivity index (χ4v) is 4.78. The van der Waals surface area contributed by atoms with Crippen molar-refractivity contribution in [2.24, 2.45) is 15.4 Å². The number of hydrogen-bond acceptors (Lipinski definition) is 4. The third-order valence-electron chi connectivity index (χ3n) is 6.42. The second-order valence-corrected chi connectivity index (χ2v) is 8.57. The van der Waals surface area contributed by atoms with E-state index in [1.165, 1.54) is 5.56 Å². The third kappa shape index (κ3) is 5.71. The Morgan fingerprint density at radius 1 is 1.10 bits per heavy atom. The van der Waals surface area contributed by atoms with Crippen LogP contribution in [0.1, 0.15) is 43.7 Å². The second kappa shape index (κ2) is 11.1. The molecule has 1 fully saturated rings. The fraction of sp³-hybridized carbons (Fsp3) is 0.407. The van der Waals surface area contributed by atoms with Crippen molar-refractivity contribution in [3.8, 4) is 0 Å². The van der Waals surface area contributed by atoms with Crippen LogP contribution in [0, 0.1) is 5.41 Å². The Kier molecular flexibility index (Phi) is 8.19. The average molecular weight is 418 g/mol. The number of rotatable bonds is 9. The van der Waals surface area contributed by atoms with Crippen LogP contribution >= 0.6 is 0 Å². The summed E-state index contributed by atoms with van der Waals surface area (Å²) in [6.07, 6.45) is 5.22. The van der Waals surface area contributed by atoms with Crippen molar-refractivity contribution in [1.82, 2.24) is 4.90 Å². The van der Waals surface area contributed by atoms with Crippen LogP contribution in [-0.4, -0.2) is 49.2 Å². The number of aliphatic hydroxyl groups is 1. The van der Waals surface area contributed by atoms with Crippen LogP contribution < -0.4 is 0 Å². The Morgan fingerprint density at radius 2 is 1.77 bits per heavy atom. The minimum Gasteiger partial charge on any atom is -0.396 e. The molecule has 1 N–H and O–H groups in total. The predicted molar refractivity (Wildman–Crippen MR) is 131 cm³/mol. The summed E-state index contributed by atoms with van der Waals surface area (Å²) in [7, 11) is 1.82. The summed E-state index contributed by atoms with van der Waals surface area (Å²) < 4.78 is 0. The first-order chi connectivity index (χ1) is 15.1. The van der Waals surface area contributed by atoms with E-state index in [2.05, 4.69) is 71.0 Å². The summed E-state index contributed by atoms with van der Waals surface area (Å²) in [5, 5.41) is 10.4. The van der Waals surface area contributed by atoms with Crippen molar-refractivity contribution in [2.45, 2.75) is 39.0 Å². The number of piperidine rings is 1. The van der Waals surface area contributed by atoms with Crippen LogP contribution in [0.5, 0.6) is 0 Å². The summed E-state index contributed by atoms with van der Waals surface area (Å²) in [4.78, 5) is 11.3. The molecule has 1 aliphatic rings. The zero-order valence-corrected chi connectivity index (χ0v) is 18.9. The number of aliphatic imine (C=N–C) groups is 2. The van der Waals surface area contributed by atoms with Crippen LogP contribution in [0.25, 0.3) is 0 Å². The smallest absolute Gasteiger partial charge is 0.132 e. The van der Waals surface area contributed by atoms with E-state index in [0.717, 1.165) is 67.9 Å². The summed E-state index contributed by atoms with van der Waals surface area (Å²) in [5.41, 5.74) is 4.31. The number of aryl methyl sites for hydroxylation is 1. The van der Waals surface area contributed by atoms with Crippen molar-refractivity contribution >= 4 is 12.4 Å². The summed E-state index contributed by atoms with van der Waals surface area (Å²) >= 11 is 0. The molecule has 0 amide bonds. The van der Waals surface area contributed by atoms with Gasteiger partial charge in [-0.15, -0.1) is 0 Å². The summed E-state index contributed by atoms with van der Waals surface area (Å²) in [5.74, 6) is 0.880. The van der Waals surface area contributed by atoms with Crippen molar-refractivity contribution in [3.05, 3.63) is 83.2 Å². The Hall–Kier alpha value is -2.72. The molecule has 2 aromatic rings. The average Bonchev–Trinajstić information content (AvgIpc) is 2.82. The van der Waals surface area contributed by atoms with E-state index in [0.29, 0.717) is 0 Å². The van der Waals surface area contributed by atoms with Gasteiger partial charge in [-0.25, -0.2) is 4.99 Å². The first-order valence-corrected chi connectivity index (χ1v) is 11.2. The van der Waals surface area contributed by atoms with Gasteiger partial charge in [0.2, 0.25) is 0 Å². The van der Waals surface area contributed by atoms with E-state index < -0.39 is 0 Å². The molecular formula is C27H35N3O. The van der Waals surface area contributed by atoms with Gasteiger partial charge >= 0.3 is 0 Å². The highest BCUT2D eigenvalue weighted by molar-refractivity contribution is 6.12. The lowest BCUT2D eigenvalue weighted by molar-refractivity contribution is 0.0374. The predicted octanol–water partition coefficient (Wildman–Crippen LogP) is 5.14. The molecule has 0 spiro atoms. The molecule has 2 aromatic carbocycles. The van der Waals surface area contributed by atoms with Gasteiger partial charge in [-0.05, 0) is 51.3 Å². The number of hydrogen-bond donors (Lipinski definition) is 1. The maximum absolute atomic E-state index is 10.4. The Morgan fingerprint density at radius 3 is 2.39 bits per heavy atom. The zero-order chi connectivity index (χ0) is 22.1. The Bertz CT molecular complexity index is 905. The molecule has 0 bridgehead atoms. The minimum absolute atomic E-state index is 0.0977. The highest BCUT2D eigenvalue weighted by atomic mass is 16.3. The normalized spacial score (nSPS) is 20.4. The Labute approximate surface area is 187 Å². The molecule has 4 nitrogen and oxygen atoms in total. The van der Waals surface area contributed by atoms with Gasteiger partial charge in [0.25, 0.3) is 0 Å². The number of likely N-dealkylation sites (tertiary alicyclic amines) is 1. The Balaban J connectivity index is 1.77. The molecule has 1 unspecified atom stereocenters. The van der Waals surface area contributed by atoms with E-state index in [-0.39, 0.29) is 12.0 Å². The van der Waals surface area contributed by atoms with Crippen LogP contribution in [0.15, 0.2) is 82.0 Å². The van der Waals surface area contributed by atoms with Crippen LogP contribution in [-0.2, 0) is 6.42 Å². The van der Waals surface area contributed by atoms with E-state index in [4.69, 9.17) is 0 Å². The van der Waals surface area contributed by atoms with Crippen molar-refractivity contribution in [1.29, 1.82) is 0 Å². The van der Waals surface area contributed by atoms with Gasteiger partial charge < -0.3 is 10.0 Å². The standard InChI is InChI=1S/C27H35N3O/c1-22(25(28-2)24-15-8-5-9-16-24)26(29-3)30-19-11-18-27(20-30,21-31)17-10-14-23-12-6-4-7-13-23/h4-9,12-13,15-16,31H,3,10-11,14,17-21H2,1-2H3/b26-22+,28-25+. The molecule has 164 valence electrons. The lowest BCUT2D eigenvalue weighted by atomic mass is 9.76. The van der Waals surface area contributed by atoms with Gasteiger partial charge in [0.1, 0.15) is 5.82 Å². The summed E-state index contributed by atoms with van der Waals surface area (Å²) in [6, 6.07) is 20.8. The quantitative estimate of drug-likeness (QED) is 0.575. The molecule has 0 aromatic heterocycles. The SMILES string of the molecule is C=N/C(=C(C)\C(=N/C)c1ccccc1)N1CCCC(CO)(CCCc2ccccc2)C1. The van der Waals surface area contributed by atoms with Gasteiger partial charge in [-0.3, -0.25) is 4.99 Å². The molecule has 0 radical (unpaired) electrons. The lowest BCUT2D eigenvalue weighted by Crippen LogP contribution is -2.45. The molecule has 31 heavy (non-hydrogen) atoms. The number of benzene rings is 2. The molecule has 1 saturated heterocycles. The second-order valence-electron chi connectivity index (χ2n) is 8.57. The zero-order valence-electron chi connectivity index (χ0n) is 18.9. The third-order valence-corrected chi connectivity index (χ3v) is 6.42. The van der Waals surface area contributed by atoms with E-state index in [1.54, 1.807) is 0 Å².